The van der Waals surface area contributed by atoms with Crippen LogP contribution in [0.2, 0.25) is 0 Å². The lowest BCUT2D eigenvalue weighted by Gasteiger charge is -2.33. The van der Waals surface area contributed by atoms with Gasteiger partial charge in [-0.3, -0.25) is 0 Å². The van der Waals surface area contributed by atoms with E-state index in [1.54, 1.807) is 24.8 Å². The number of morpholine rings is 1. The molecule has 1 fully saturated rings. The van der Waals surface area contributed by atoms with Gasteiger partial charge < -0.3 is 14.4 Å². The van der Waals surface area contributed by atoms with E-state index in [-0.39, 0.29) is 0 Å². The van der Waals surface area contributed by atoms with E-state index in [2.05, 4.69) is 14.9 Å². The second kappa shape index (κ2) is 6.07. The van der Waals surface area contributed by atoms with Crippen molar-refractivity contribution in [1.82, 2.24) is 15.0 Å². The van der Waals surface area contributed by atoms with Crippen LogP contribution in [0, 0.1) is 0 Å². The summed E-state index contributed by atoms with van der Waals surface area (Å²) in [6.45, 7) is 3.40. The van der Waals surface area contributed by atoms with Crippen molar-refractivity contribution in [1.29, 1.82) is 0 Å². The Hall–Kier alpha value is -1.99. The zero-order chi connectivity index (χ0) is 16.8. The molecule has 3 aromatic rings. The molecule has 0 radical (unpaired) electrons. The molecular formula is C18H20N4O2S. The van der Waals surface area contributed by atoms with Crippen LogP contribution in [0.4, 0.5) is 5.69 Å². The molecular weight excluding hydrogens is 336 g/mol. The van der Waals surface area contributed by atoms with Crippen LogP contribution in [0.25, 0.3) is 20.4 Å². The predicted molar refractivity (Wildman–Crippen MR) is 98.9 cm³/mol. The van der Waals surface area contributed by atoms with Crippen LogP contribution >= 0.6 is 11.3 Å². The van der Waals surface area contributed by atoms with Gasteiger partial charge in [0.05, 0.1) is 36.9 Å². The molecule has 1 aliphatic carbocycles. The molecule has 2 aliphatic rings. The number of pyridine rings is 1. The van der Waals surface area contributed by atoms with Gasteiger partial charge in [0.2, 0.25) is 5.88 Å². The van der Waals surface area contributed by atoms with Gasteiger partial charge in [0.1, 0.15) is 15.9 Å². The SMILES string of the molecule is COc1ncnc2c1sc1nc3c(c(N4CCOCC4)c12)CCCC3. The number of aromatic nitrogens is 3. The molecule has 1 saturated heterocycles. The summed E-state index contributed by atoms with van der Waals surface area (Å²) in [5.41, 5.74) is 4.97. The Morgan fingerprint density at radius 3 is 2.84 bits per heavy atom. The molecule has 0 saturated carbocycles. The lowest BCUT2D eigenvalue weighted by Crippen LogP contribution is -2.37. The van der Waals surface area contributed by atoms with Gasteiger partial charge in [-0.05, 0) is 31.2 Å². The summed E-state index contributed by atoms with van der Waals surface area (Å²) in [5, 5.41) is 1.17. The Morgan fingerprint density at radius 1 is 1.16 bits per heavy atom. The highest BCUT2D eigenvalue weighted by molar-refractivity contribution is 7.25. The summed E-state index contributed by atoms with van der Waals surface area (Å²) < 4.78 is 12.0. The number of methoxy groups -OCH3 is 1. The summed E-state index contributed by atoms with van der Waals surface area (Å²) in [7, 11) is 1.66. The van der Waals surface area contributed by atoms with Gasteiger partial charge >= 0.3 is 0 Å². The molecule has 5 rings (SSSR count). The molecule has 3 aromatic heterocycles. The minimum Gasteiger partial charge on any atom is -0.480 e. The molecule has 25 heavy (non-hydrogen) atoms. The molecule has 4 heterocycles. The number of hydrogen-bond donors (Lipinski definition) is 0. The van der Waals surface area contributed by atoms with Crippen LogP contribution in [0.15, 0.2) is 6.33 Å². The van der Waals surface area contributed by atoms with Crippen molar-refractivity contribution in [2.45, 2.75) is 25.7 Å². The van der Waals surface area contributed by atoms with Gasteiger partial charge in [0, 0.05) is 18.8 Å². The summed E-state index contributed by atoms with van der Waals surface area (Å²) in [4.78, 5) is 17.4. The maximum absolute atomic E-state index is 5.58. The van der Waals surface area contributed by atoms with E-state index in [1.165, 1.54) is 35.2 Å². The molecule has 7 heteroatoms. The fourth-order valence-electron chi connectivity index (χ4n) is 3.99. The lowest BCUT2D eigenvalue weighted by molar-refractivity contribution is 0.122. The number of ether oxygens (including phenoxy) is 2. The number of fused-ring (bicyclic) bond motifs is 4. The van der Waals surface area contributed by atoms with Gasteiger partial charge in [-0.2, -0.15) is 0 Å². The molecule has 0 amide bonds. The van der Waals surface area contributed by atoms with Gasteiger partial charge in [0.25, 0.3) is 0 Å². The molecule has 0 spiro atoms. The minimum absolute atomic E-state index is 0.638. The second-order valence-corrected chi connectivity index (χ2v) is 7.53. The van der Waals surface area contributed by atoms with E-state index in [0.29, 0.717) is 5.88 Å². The monoisotopic (exact) mass is 356 g/mol. The maximum Gasteiger partial charge on any atom is 0.234 e. The molecule has 0 aromatic carbocycles. The minimum atomic E-state index is 0.638. The zero-order valence-electron chi connectivity index (χ0n) is 14.2. The van der Waals surface area contributed by atoms with E-state index in [1.807, 2.05) is 0 Å². The number of aryl methyl sites for hydroxylation is 1. The third-order valence-corrected chi connectivity index (χ3v) is 6.20. The standard InChI is InChI=1S/C18H20N4O2S/c1-23-17-16-14(19-10-20-17)13-15(22-6-8-24-9-7-22)11-4-2-3-5-12(11)21-18(13)25-16/h10H,2-9H2,1H3. The Kier molecular flexibility index (Phi) is 3.71. The van der Waals surface area contributed by atoms with E-state index in [9.17, 15) is 0 Å². The maximum atomic E-state index is 5.58. The Bertz CT molecular complexity index is 949. The van der Waals surface area contributed by atoms with E-state index in [4.69, 9.17) is 14.5 Å². The Morgan fingerprint density at radius 2 is 2.00 bits per heavy atom. The number of nitrogens with zero attached hydrogens (tertiary/aromatic N) is 4. The molecule has 6 nitrogen and oxygen atoms in total. The predicted octanol–water partition coefficient (Wildman–Crippen LogP) is 2.96. The fraction of sp³-hybridized carbons (Fsp3) is 0.500. The van der Waals surface area contributed by atoms with Crippen LogP contribution in [-0.4, -0.2) is 48.4 Å². The lowest BCUT2D eigenvalue weighted by atomic mass is 9.93. The average molecular weight is 356 g/mol. The van der Waals surface area contributed by atoms with Crippen molar-refractivity contribution in [3.05, 3.63) is 17.6 Å². The quantitative estimate of drug-likeness (QED) is 0.704. The fourth-order valence-corrected chi connectivity index (χ4v) is 5.11. The van der Waals surface area contributed by atoms with Crippen molar-refractivity contribution in [2.24, 2.45) is 0 Å². The van der Waals surface area contributed by atoms with Crippen LogP contribution in [-0.2, 0) is 17.6 Å². The highest BCUT2D eigenvalue weighted by Gasteiger charge is 2.27. The first-order valence-electron chi connectivity index (χ1n) is 8.82. The number of anilines is 1. The van der Waals surface area contributed by atoms with Gasteiger partial charge in [-0.15, -0.1) is 11.3 Å². The zero-order valence-corrected chi connectivity index (χ0v) is 15.1. The molecule has 0 bridgehead atoms. The summed E-state index contributed by atoms with van der Waals surface area (Å²) in [6, 6.07) is 0. The first kappa shape index (κ1) is 15.3. The molecule has 1 aliphatic heterocycles. The Labute approximate surface area is 149 Å². The van der Waals surface area contributed by atoms with Crippen molar-refractivity contribution in [3.8, 4) is 5.88 Å². The molecule has 0 N–H and O–H groups in total. The summed E-state index contributed by atoms with van der Waals surface area (Å²) in [6.07, 6.45) is 6.22. The van der Waals surface area contributed by atoms with Crippen molar-refractivity contribution in [2.75, 3.05) is 38.3 Å². The van der Waals surface area contributed by atoms with Crippen molar-refractivity contribution in [3.63, 3.8) is 0 Å². The number of thiophene rings is 1. The average Bonchev–Trinajstić information content (AvgIpc) is 3.04. The first-order chi connectivity index (χ1) is 12.4. The normalized spacial score (nSPS) is 17.9. The first-order valence-corrected chi connectivity index (χ1v) is 9.64. The van der Waals surface area contributed by atoms with Gasteiger partial charge in [0.15, 0.2) is 0 Å². The van der Waals surface area contributed by atoms with Crippen molar-refractivity contribution >= 4 is 37.5 Å². The van der Waals surface area contributed by atoms with Crippen LogP contribution in [0.5, 0.6) is 5.88 Å². The third kappa shape index (κ3) is 2.37. The largest absolute Gasteiger partial charge is 0.480 e. The highest BCUT2D eigenvalue weighted by atomic mass is 32.1. The molecule has 0 atom stereocenters. The van der Waals surface area contributed by atoms with Gasteiger partial charge in [-0.25, -0.2) is 15.0 Å². The number of rotatable bonds is 2. The van der Waals surface area contributed by atoms with E-state index < -0.39 is 0 Å². The Balaban J connectivity index is 1.86. The van der Waals surface area contributed by atoms with Crippen LogP contribution in [0.3, 0.4) is 0 Å². The van der Waals surface area contributed by atoms with Crippen LogP contribution in [0.1, 0.15) is 24.1 Å². The molecule has 0 unspecified atom stereocenters. The highest BCUT2D eigenvalue weighted by Crippen LogP contribution is 2.44. The van der Waals surface area contributed by atoms with E-state index in [0.717, 1.165) is 54.2 Å². The number of hydrogen-bond acceptors (Lipinski definition) is 7. The second-order valence-electron chi connectivity index (χ2n) is 6.54. The van der Waals surface area contributed by atoms with Crippen molar-refractivity contribution < 1.29 is 9.47 Å². The summed E-state index contributed by atoms with van der Waals surface area (Å²) >= 11 is 1.64. The summed E-state index contributed by atoms with van der Waals surface area (Å²) in [5.74, 6) is 0.638. The smallest absolute Gasteiger partial charge is 0.234 e. The van der Waals surface area contributed by atoms with Gasteiger partial charge in [-0.1, -0.05) is 0 Å². The third-order valence-electron chi connectivity index (χ3n) is 5.14. The van der Waals surface area contributed by atoms with Crippen LogP contribution < -0.4 is 9.64 Å². The topological polar surface area (TPSA) is 60.4 Å². The van der Waals surface area contributed by atoms with E-state index >= 15 is 0 Å². The molecule has 130 valence electrons.